The second kappa shape index (κ2) is 4.12. The summed E-state index contributed by atoms with van der Waals surface area (Å²) in [5.74, 6) is -0.0137. The number of nitrogens with two attached hydrogens (primary N) is 1. The van der Waals surface area contributed by atoms with Crippen LogP contribution in [0.3, 0.4) is 0 Å². The van der Waals surface area contributed by atoms with Crippen molar-refractivity contribution in [1.82, 2.24) is 0 Å². The Kier molecular flexibility index (Phi) is 2.81. The van der Waals surface area contributed by atoms with E-state index < -0.39 is 0 Å². The number of nitrogens with zero attached hydrogens (tertiary/aromatic N) is 1. The average Bonchev–Trinajstić information content (AvgIpc) is 2.61. The van der Waals surface area contributed by atoms with Crippen molar-refractivity contribution >= 4 is 11.5 Å². The smallest absolute Gasteiger partial charge is 0.125 e. The van der Waals surface area contributed by atoms with Crippen LogP contribution in [-0.4, -0.2) is 18.9 Å². The number of rotatable bonds is 3. The largest absolute Gasteiger partial charge is 0.387 e. The van der Waals surface area contributed by atoms with Gasteiger partial charge in [0, 0.05) is 24.7 Å². The predicted octanol–water partition coefficient (Wildman–Crippen LogP) is 1.76. The summed E-state index contributed by atoms with van der Waals surface area (Å²) in [6.07, 6.45) is 0.945. The van der Waals surface area contributed by atoms with Crippen LogP contribution in [0.25, 0.3) is 0 Å². The molecule has 0 saturated carbocycles. The zero-order valence-corrected chi connectivity index (χ0v) is 9.33. The molecule has 0 bridgehead atoms. The lowest BCUT2D eigenvalue weighted by atomic mass is 10.1. The zero-order chi connectivity index (χ0) is 11.7. The van der Waals surface area contributed by atoms with Gasteiger partial charge in [-0.1, -0.05) is 13.0 Å². The summed E-state index contributed by atoms with van der Waals surface area (Å²) < 4.78 is 13.1. The summed E-state index contributed by atoms with van der Waals surface area (Å²) >= 11 is 0. The van der Waals surface area contributed by atoms with Gasteiger partial charge in [-0.2, -0.15) is 0 Å². The van der Waals surface area contributed by atoms with Crippen molar-refractivity contribution in [2.75, 3.05) is 18.0 Å². The maximum atomic E-state index is 13.1. The molecule has 1 atom stereocenters. The van der Waals surface area contributed by atoms with Gasteiger partial charge in [-0.3, -0.25) is 5.41 Å². The lowest BCUT2D eigenvalue weighted by molar-refractivity contribution is 0.626. The van der Waals surface area contributed by atoms with Crippen LogP contribution in [0, 0.1) is 17.1 Å². The maximum absolute atomic E-state index is 13.1. The van der Waals surface area contributed by atoms with Crippen molar-refractivity contribution in [3.63, 3.8) is 0 Å². The summed E-state index contributed by atoms with van der Waals surface area (Å²) in [4.78, 5) is 2.10. The number of hydrogen-bond acceptors (Lipinski definition) is 2. The van der Waals surface area contributed by atoms with Crippen molar-refractivity contribution in [2.45, 2.75) is 13.3 Å². The second-order valence-electron chi connectivity index (χ2n) is 4.33. The van der Waals surface area contributed by atoms with E-state index >= 15 is 0 Å². The molecule has 0 amide bonds. The minimum absolute atomic E-state index is 0.00853. The normalized spacial score (nSPS) is 16.0. The fourth-order valence-electron chi connectivity index (χ4n) is 2.04. The Balaban J connectivity index is 2.17. The van der Waals surface area contributed by atoms with E-state index in [0.29, 0.717) is 6.54 Å². The van der Waals surface area contributed by atoms with Crippen molar-refractivity contribution in [3.8, 4) is 0 Å². The number of amidine groups is 1. The van der Waals surface area contributed by atoms with E-state index in [2.05, 4.69) is 4.90 Å². The Bertz CT molecular complexity index is 417. The fraction of sp³-hybridized carbons (Fsp3) is 0.417. The van der Waals surface area contributed by atoms with E-state index in [1.807, 2.05) is 13.0 Å². The molecule has 0 fully saturated rings. The number of nitrogens with one attached hydrogen (secondary N) is 1. The molecule has 2 rings (SSSR count). The molecule has 1 aromatic rings. The van der Waals surface area contributed by atoms with Crippen LogP contribution >= 0.6 is 0 Å². The van der Waals surface area contributed by atoms with E-state index in [9.17, 15) is 4.39 Å². The molecule has 0 saturated heterocycles. The Labute approximate surface area is 94.6 Å². The van der Waals surface area contributed by atoms with Crippen molar-refractivity contribution in [2.24, 2.45) is 11.7 Å². The predicted molar refractivity (Wildman–Crippen MR) is 63.4 cm³/mol. The number of halogens is 1. The molecule has 3 N–H and O–H groups in total. The molecule has 0 radical (unpaired) electrons. The monoisotopic (exact) mass is 221 g/mol. The Morgan fingerprint density at radius 1 is 1.62 bits per heavy atom. The molecule has 0 spiro atoms. The first kappa shape index (κ1) is 10.9. The topological polar surface area (TPSA) is 53.1 Å². The van der Waals surface area contributed by atoms with Gasteiger partial charge in [-0.15, -0.1) is 0 Å². The summed E-state index contributed by atoms with van der Waals surface area (Å²) in [6, 6.07) is 4.90. The van der Waals surface area contributed by atoms with Crippen LogP contribution < -0.4 is 10.6 Å². The molecule has 0 aliphatic carbocycles. The molecular formula is C12H16FN3. The fourth-order valence-corrected chi connectivity index (χ4v) is 2.04. The summed E-state index contributed by atoms with van der Waals surface area (Å²) in [6.45, 7) is 3.49. The Morgan fingerprint density at radius 3 is 3.06 bits per heavy atom. The highest BCUT2D eigenvalue weighted by Crippen LogP contribution is 2.29. The lowest BCUT2D eigenvalue weighted by Crippen LogP contribution is -2.33. The van der Waals surface area contributed by atoms with Crippen molar-refractivity contribution < 1.29 is 4.39 Å². The third kappa shape index (κ3) is 2.01. The Hall–Kier alpha value is -1.58. The number of anilines is 1. The molecular weight excluding hydrogens is 205 g/mol. The van der Waals surface area contributed by atoms with Crippen LogP contribution in [0.2, 0.25) is 0 Å². The minimum Gasteiger partial charge on any atom is -0.387 e. The highest BCUT2D eigenvalue weighted by atomic mass is 19.1. The van der Waals surface area contributed by atoms with E-state index in [-0.39, 0.29) is 17.6 Å². The molecule has 16 heavy (non-hydrogen) atoms. The van der Waals surface area contributed by atoms with Crippen molar-refractivity contribution in [3.05, 3.63) is 29.6 Å². The Morgan fingerprint density at radius 2 is 2.38 bits per heavy atom. The molecule has 1 unspecified atom stereocenters. The van der Waals surface area contributed by atoms with Crippen LogP contribution in [0.5, 0.6) is 0 Å². The van der Waals surface area contributed by atoms with Crippen LogP contribution in [0.15, 0.2) is 18.2 Å². The SMILES string of the molecule is CC(CN1CCc2ccc(F)cc21)C(=N)N. The van der Waals surface area contributed by atoms with Gasteiger partial charge in [-0.05, 0) is 24.1 Å². The first-order valence-corrected chi connectivity index (χ1v) is 5.45. The minimum atomic E-state index is -0.207. The summed E-state index contributed by atoms with van der Waals surface area (Å²) in [7, 11) is 0. The number of benzene rings is 1. The lowest BCUT2D eigenvalue weighted by Gasteiger charge is -2.22. The van der Waals surface area contributed by atoms with Gasteiger partial charge in [-0.25, -0.2) is 4.39 Å². The number of hydrogen-bond donors (Lipinski definition) is 2. The third-order valence-corrected chi connectivity index (χ3v) is 3.06. The molecule has 4 heteroatoms. The number of fused-ring (bicyclic) bond motifs is 1. The van der Waals surface area contributed by atoms with E-state index in [1.54, 1.807) is 6.07 Å². The van der Waals surface area contributed by atoms with Gasteiger partial charge >= 0.3 is 0 Å². The molecule has 1 aliphatic rings. The highest BCUT2D eigenvalue weighted by Gasteiger charge is 2.21. The van der Waals surface area contributed by atoms with Gasteiger partial charge < -0.3 is 10.6 Å². The van der Waals surface area contributed by atoms with E-state index in [4.69, 9.17) is 11.1 Å². The first-order valence-electron chi connectivity index (χ1n) is 5.45. The quantitative estimate of drug-likeness (QED) is 0.603. The molecule has 86 valence electrons. The molecule has 1 heterocycles. The second-order valence-corrected chi connectivity index (χ2v) is 4.33. The van der Waals surface area contributed by atoms with Crippen LogP contribution in [0.4, 0.5) is 10.1 Å². The molecule has 1 aromatic carbocycles. The third-order valence-electron chi connectivity index (χ3n) is 3.06. The summed E-state index contributed by atoms with van der Waals surface area (Å²) in [5.41, 5.74) is 7.58. The van der Waals surface area contributed by atoms with Gasteiger partial charge in [0.05, 0.1) is 5.84 Å². The van der Waals surface area contributed by atoms with E-state index in [1.165, 1.54) is 11.6 Å². The van der Waals surface area contributed by atoms with Crippen molar-refractivity contribution in [1.29, 1.82) is 5.41 Å². The maximum Gasteiger partial charge on any atom is 0.125 e. The van der Waals surface area contributed by atoms with Gasteiger partial charge in [0.2, 0.25) is 0 Å². The zero-order valence-electron chi connectivity index (χ0n) is 9.33. The molecule has 0 aromatic heterocycles. The van der Waals surface area contributed by atoms with E-state index in [0.717, 1.165) is 18.7 Å². The average molecular weight is 221 g/mol. The first-order chi connectivity index (χ1) is 7.58. The van der Waals surface area contributed by atoms with Crippen LogP contribution in [0.1, 0.15) is 12.5 Å². The van der Waals surface area contributed by atoms with Gasteiger partial charge in [0.1, 0.15) is 5.82 Å². The summed E-state index contributed by atoms with van der Waals surface area (Å²) in [5, 5.41) is 7.37. The van der Waals surface area contributed by atoms with Crippen LogP contribution in [-0.2, 0) is 6.42 Å². The van der Waals surface area contributed by atoms with Gasteiger partial charge in [0.25, 0.3) is 0 Å². The molecule has 1 aliphatic heterocycles. The standard InChI is InChI=1S/C12H16FN3/c1-8(12(14)15)7-16-5-4-9-2-3-10(13)6-11(9)16/h2-3,6,8H,4-5,7H2,1H3,(H3,14,15). The van der Waals surface area contributed by atoms with Gasteiger partial charge in [0.15, 0.2) is 0 Å². The molecule has 3 nitrogen and oxygen atoms in total. The highest BCUT2D eigenvalue weighted by molar-refractivity contribution is 5.80.